The van der Waals surface area contributed by atoms with E-state index in [0.717, 1.165) is 28.3 Å². The van der Waals surface area contributed by atoms with Crippen LogP contribution in [0.25, 0.3) is 0 Å². The van der Waals surface area contributed by atoms with E-state index in [2.05, 4.69) is 22.4 Å². The first-order valence-corrected chi connectivity index (χ1v) is 7.38. The molecule has 16 heavy (non-hydrogen) atoms. The lowest BCUT2D eigenvalue weighted by molar-refractivity contribution is 0.666. The van der Waals surface area contributed by atoms with Gasteiger partial charge in [0.1, 0.15) is 0 Å². The largest absolute Gasteiger partial charge is 0.353 e. The third-order valence-electron chi connectivity index (χ3n) is 2.00. The van der Waals surface area contributed by atoms with Crippen LogP contribution in [0.4, 0.5) is 5.13 Å². The number of nitrogens with one attached hydrogen (secondary N) is 1. The fraction of sp³-hybridized carbons (Fsp3) is 0.800. The first-order valence-electron chi connectivity index (χ1n) is 5.58. The van der Waals surface area contributed by atoms with Crippen LogP contribution in [0.2, 0.25) is 0 Å². The number of nitrogens with zero attached hydrogens (tertiary/aromatic N) is 3. The number of hydrogen-bond donors (Lipinski definition) is 1. The minimum atomic E-state index is 0.982. The van der Waals surface area contributed by atoms with Gasteiger partial charge in [-0.1, -0.05) is 30.0 Å². The summed E-state index contributed by atoms with van der Waals surface area (Å²) in [5.41, 5.74) is 0. The molecule has 1 heterocycles. The fourth-order valence-electron chi connectivity index (χ4n) is 1.13. The minimum absolute atomic E-state index is 0.982. The maximum atomic E-state index is 4.15. The van der Waals surface area contributed by atoms with Gasteiger partial charge in [-0.2, -0.15) is 0 Å². The summed E-state index contributed by atoms with van der Waals surface area (Å²) >= 11 is 3.47. The van der Waals surface area contributed by atoms with Crippen molar-refractivity contribution in [2.45, 2.75) is 24.1 Å². The molecule has 0 saturated heterocycles. The molecule has 0 bridgehead atoms. The molecule has 1 N–H and O–H groups in total. The summed E-state index contributed by atoms with van der Waals surface area (Å²) < 4.78 is 1.08. The number of anilines is 1. The Balaban J connectivity index is 2.12. The van der Waals surface area contributed by atoms with E-state index in [0.29, 0.717) is 0 Å². The van der Waals surface area contributed by atoms with E-state index in [1.54, 1.807) is 11.3 Å². The van der Waals surface area contributed by atoms with Gasteiger partial charge in [0.2, 0.25) is 5.13 Å². The Labute approximate surface area is 106 Å². The lowest BCUT2D eigenvalue weighted by Gasteiger charge is -2.03. The molecule has 0 atom stereocenters. The summed E-state index contributed by atoms with van der Waals surface area (Å²) in [5, 5.41) is 12.6. The fourth-order valence-corrected chi connectivity index (χ4v) is 2.96. The van der Waals surface area contributed by atoms with Crippen molar-refractivity contribution in [1.82, 2.24) is 15.5 Å². The van der Waals surface area contributed by atoms with E-state index in [4.69, 9.17) is 0 Å². The van der Waals surface area contributed by atoms with E-state index >= 15 is 0 Å². The third-order valence-corrected chi connectivity index (χ3v) is 4.31. The van der Waals surface area contributed by atoms with Crippen LogP contribution in [0.3, 0.4) is 0 Å². The summed E-state index contributed by atoms with van der Waals surface area (Å²) in [6, 6.07) is 0. The zero-order valence-corrected chi connectivity index (χ0v) is 11.8. The molecule has 1 aromatic rings. The molecular formula is C10H20N4S2. The average Bonchev–Trinajstić information content (AvgIpc) is 2.72. The molecule has 0 spiro atoms. The second kappa shape index (κ2) is 7.86. The monoisotopic (exact) mass is 260 g/mol. The van der Waals surface area contributed by atoms with Crippen LogP contribution in [0.15, 0.2) is 4.34 Å². The molecule has 0 aromatic carbocycles. The number of hydrogen-bond acceptors (Lipinski definition) is 6. The SMILES string of the molecule is CCNCCCCSc1nnc(N(C)C)s1. The Bertz CT molecular complexity index is 288. The predicted octanol–water partition coefficient (Wildman–Crippen LogP) is 2.09. The van der Waals surface area contributed by atoms with E-state index in [1.807, 2.05) is 30.8 Å². The number of aromatic nitrogens is 2. The average molecular weight is 260 g/mol. The topological polar surface area (TPSA) is 41.1 Å². The van der Waals surface area contributed by atoms with Crippen molar-refractivity contribution >= 4 is 28.2 Å². The second-order valence-electron chi connectivity index (χ2n) is 3.65. The zero-order valence-electron chi connectivity index (χ0n) is 10.2. The van der Waals surface area contributed by atoms with Gasteiger partial charge in [0.25, 0.3) is 0 Å². The molecule has 92 valence electrons. The van der Waals surface area contributed by atoms with Gasteiger partial charge in [0, 0.05) is 19.8 Å². The van der Waals surface area contributed by atoms with Crippen molar-refractivity contribution < 1.29 is 0 Å². The van der Waals surface area contributed by atoms with Gasteiger partial charge in [-0.3, -0.25) is 0 Å². The Hall–Kier alpha value is -0.330. The van der Waals surface area contributed by atoms with Crippen molar-refractivity contribution in [3.05, 3.63) is 0 Å². The van der Waals surface area contributed by atoms with Crippen LogP contribution >= 0.6 is 23.1 Å². The van der Waals surface area contributed by atoms with Crippen LogP contribution in [0.5, 0.6) is 0 Å². The van der Waals surface area contributed by atoms with Crippen LogP contribution < -0.4 is 10.2 Å². The van der Waals surface area contributed by atoms with E-state index in [9.17, 15) is 0 Å². The molecule has 0 saturated carbocycles. The lowest BCUT2D eigenvalue weighted by Crippen LogP contribution is -2.13. The standard InChI is InChI=1S/C10H20N4S2/c1-4-11-7-5-6-8-15-10-13-12-9(16-10)14(2)3/h11H,4-8H2,1-3H3. The quantitative estimate of drug-likeness (QED) is 0.572. The molecule has 0 aliphatic heterocycles. The van der Waals surface area contributed by atoms with Crippen LogP contribution in [-0.4, -0.2) is 43.1 Å². The Morgan fingerprint density at radius 2 is 2.12 bits per heavy atom. The van der Waals surface area contributed by atoms with Crippen LogP contribution in [-0.2, 0) is 0 Å². The van der Waals surface area contributed by atoms with Crippen molar-refractivity contribution in [3.8, 4) is 0 Å². The van der Waals surface area contributed by atoms with Crippen LogP contribution in [0, 0.1) is 0 Å². The number of unbranched alkanes of at least 4 members (excludes halogenated alkanes) is 1. The zero-order chi connectivity index (χ0) is 11.8. The van der Waals surface area contributed by atoms with Gasteiger partial charge >= 0.3 is 0 Å². The van der Waals surface area contributed by atoms with E-state index in [-0.39, 0.29) is 0 Å². The molecule has 0 aliphatic carbocycles. The predicted molar refractivity (Wildman–Crippen MR) is 72.7 cm³/mol. The summed E-state index contributed by atoms with van der Waals surface area (Å²) in [6.45, 7) is 4.32. The van der Waals surface area contributed by atoms with Gasteiger partial charge in [-0.05, 0) is 25.9 Å². The molecule has 0 aliphatic rings. The summed E-state index contributed by atoms with van der Waals surface area (Å²) in [6.07, 6.45) is 2.47. The van der Waals surface area contributed by atoms with Crippen molar-refractivity contribution in [1.29, 1.82) is 0 Å². The molecule has 0 unspecified atom stereocenters. The first kappa shape index (κ1) is 13.7. The van der Waals surface area contributed by atoms with Gasteiger partial charge in [0.05, 0.1) is 0 Å². The van der Waals surface area contributed by atoms with Crippen molar-refractivity contribution in [2.75, 3.05) is 37.8 Å². The summed E-state index contributed by atoms with van der Waals surface area (Å²) in [5.74, 6) is 1.13. The molecule has 0 amide bonds. The first-order chi connectivity index (χ1) is 7.74. The van der Waals surface area contributed by atoms with Crippen LogP contribution in [0.1, 0.15) is 19.8 Å². The smallest absolute Gasteiger partial charge is 0.208 e. The molecular weight excluding hydrogens is 240 g/mol. The van der Waals surface area contributed by atoms with Gasteiger partial charge < -0.3 is 10.2 Å². The maximum Gasteiger partial charge on any atom is 0.208 e. The number of rotatable bonds is 8. The maximum absolute atomic E-state index is 4.15. The lowest BCUT2D eigenvalue weighted by atomic mass is 10.3. The van der Waals surface area contributed by atoms with E-state index in [1.165, 1.54) is 12.8 Å². The van der Waals surface area contributed by atoms with E-state index < -0.39 is 0 Å². The highest BCUT2D eigenvalue weighted by atomic mass is 32.2. The third kappa shape index (κ3) is 5.14. The molecule has 1 rings (SSSR count). The minimum Gasteiger partial charge on any atom is -0.353 e. The Morgan fingerprint density at radius 1 is 1.31 bits per heavy atom. The highest BCUT2D eigenvalue weighted by Crippen LogP contribution is 2.27. The van der Waals surface area contributed by atoms with Crippen molar-refractivity contribution in [3.63, 3.8) is 0 Å². The molecule has 6 heteroatoms. The van der Waals surface area contributed by atoms with Gasteiger partial charge in [0.15, 0.2) is 4.34 Å². The number of thioether (sulfide) groups is 1. The molecule has 4 nitrogen and oxygen atoms in total. The Morgan fingerprint density at radius 3 is 2.75 bits per heavy atom. The second-order valence-corrected chi connectivity index (χ2v) is 5.95. The summed E-state index contributed by atoms with van der Waals surface area (Å²) in [7, 11) is 3.98. The molecule has 0 radical (unpaired) electrons. The summed E-state index contributed by atoms with van der Waals surface area (Å²) in [4.78, 5) is 1.99. The highest BCUT2D eigenvalue weighted by Gasteiger charge is 2.05. The van der Waals surface area contributed by atoms with Gasteiger partial charge in [-0.25, -0.2) is 0 Å². The van der Waals surface area contributed by atoms with Gasteiger partial charge in [-0.15, -0.1) is 10.2 Å². The highest BCUT2D eigenvalue weighted by molar-refractivity contribution is 8.01. The molecule has 1 aromatic heterocycles. The molecule has 0 fully saturated rings. The normalized spacial score (nSPS) is 10.7. The van der Waals surface area contributed by atoms with Crippen molar-refractivity contribution in [2.24, 2.45) is 0 Å². The Kier molecular flexibility index (Phi) is 6.75.